The van der Waals surface area contributed by atoms with E-state index in [1.54, 1.807) is 6.08 Å². The average Bonchev–Trinajstić information content (AvgIpc) is 3.19. The zero-order valence-electron chi connectivity index (χ0n) is 16.8. The van der Waals surface area contributed by atoms with Crippen molar-refractivity contribution in [3.63, 3.8) is 0 Å². The minimum absolute atomic E-state index is 0.00315. The van der Waals surface area contributed by atoms with E-state index in [4.69, 9.17) is 0 Å². The molecule has 0 N–H and O–H groups in total. The van der Waals surface area contributed by atoms with Crippen molar-refractivity contribution in [1.29, 1.82) is 0 Å². The number of carbonyl (C=O) groups excluding carboxylic acids is 1. The molecule has 0 bridgehead atoms. The number of amides is 1. The van der Waals surface area contributed by atoms with E-state index in [1.165, 1.54) is 23.9 Å². The van der Waals surface area contributed by atoms with Crippen molar-refractivity contribution in [3.05, 3.63) is 63.9 Å². The third-order valence-electron chi connectivity index (χ3n) is 5.45. The molecule has 0 aliphatic carbocycles. The lowest BCUT2D eigenvalue weighted by molar-refractivity contribution is -0.131. The molecule has 1 amide bonds. The molecule has 1 saturated heterocycles. The first-order valence-corrected chi connectivity index (χ1v) is 11.3. The molecule has 4 rings (SSSR count). The van der Waals surface area contributed by atoms with Crippen LogP contribution in [0, 0.1) is 5.82 Å². The van der Waals surface area contributed by atoms with Crippen molar-refractivity contribution >= 4 is 50.7 Å². The lowest BCUT2D eigenvalue weighted by Gasteiger charge is -2.44. The van der Waals surface area contributed by atoms with Gasteiger partial charge in [0.05, 0.1) is 11.7 Å². The predicted molar refractivity (Wildman–Crippen MR) is 122 cm³/mol. The molecule has 0 radical (unpaired) electrons. The Morgan fingerprint density at radius 1 is 1.20 bits per heavy atom. The second-order valence-electron chi connectivity index (χ2n) is 7.71. The van der Waals surface area contributed by atoms with Crippen molar-refractivity contribution in [2.45, 2.75) is 32.5 Å². The molecule has 8 heteroatoms. The van der Waals surface area contributed by atoms with Gasteiger partial charge < -0.3 is 4.90 Å². The Balaban J connectivity index is 1.42. The third kappa shape index (κ3) is 4.61. The molecule has 0 saturated carbocycles. The Morgan fingerprint density at radius 3 is 2.73 bits per heavy atom. The number of aromatic nitrogens is 2. The second kappa shape index (κ2) is 8.91. The molecule has 1 aliphatic heterocycles. The van der Waals surface area contributed by atoms with Gasteiger partial charge in [-0.1, -0.05) is 12.1 Å². The molecular weight excluding hydrogens is 467 g/mol. The second-order valence-corrected chi connectivity index (χ2v) is 9.10. The Morgan fingerprint density at radius 2 is 1.97 bits per heavy atom. The Hall–Kier alpha value is -2.16. The van der Waals surface area contributed by atoms with Crippen LogP contribution < -0.4 is 0 Å². The standard InChI is InChI=1S/C22H22BrFN4OS/c1-14-12-28(15(2)11-27(14)13-16-3-6-18(24)7-4-16)21(29)8-5-17-9-19(23)22-20(10-17)25-30-26-22/h3-10,14-15H,11-13H2,1-2H3/t14-,15+/m0/s1. The third-order valence-corrected chi connectivity index (χ3v) is 6.60. The summed E-state index contributed by atoms with van der Waals surface area (Å²) in [5.41, 5.74) is 3.64. The molecule has 30 heavy (non-hydrogen) atoms. The highest BCUT2D eigenvalue weighted by Crippen LogP contribution is 2.25. The van der Waals surface area contributed by atoms with E-state index < -0.39 is 0 Å². The van der Waals surface area contributed by atoms with E-state index in [0.717, 1.165) is 39.7 Å². The van der Waals surface area contributed by atoms with E-state index in [9.17, 15) is 9.18 Å². The van der Waals surface area contributed by atoms with Crippen molar-refractivity contribution < 1.29 is 9.18 Å². The lowest BCUT2D eigenvalue weighted by atomic mass is 10.1. The van der Waals surface area contributed by atoms with Gasteiger partial charge in [0, 0.05) is 42.3 Å². The number of nitrogens with zero attached hydrogens (tertiary/aromatic N) is 4. The van der Waals surface area contributed by atoms with Gasteiger partial charge in [0.25, 0.3) is 0 Å². The molecule has 156 valence electrons. The van der Waals surface area contributed by atoms with Crippen LogP contribution >= 0.6 is 27.7 Å². The molecule has 1 fully saturated rings. The summed E-state index contributed by atoms with van der Waals surface area (Å²) in [6, 6.07) is 10.8. The molecule has 2 atom stereocenters. The number of hydrogen-bond acceptors (Lipinski definition) is 5. The number of halogens is 2. The van der Waals surface area contributed by atoms with Gasteiger partial charge in [-0.2, -0.15) is 8.75 Å². The monoisotopic (exact) mass is 488 g/mol. The molecule has 1 aliphatic rings. The summed E-state index contributed by atoms with van der Waals surface area (Å²) in [4.78, 5) is 17.1. The number of carbonyl (C=O) groups is 1. The number of benzene rings is 2. The van der Waals surface area contributed by atoms with Crippen molar-refractivity contribution in [1.82, 2.24) is 18.5 Å². The zero-order valence-corrected chi connectivity index (χ0v) is 19.2. The van der Waals surface area contributed by atoms with Crippen LogP contribution in [0.15, 0.2) is 46.9 Å². The maximum atomic E-state index is 13.1. The fourth-order valence-electron chi connectivity index (χ4n) is 3.78. The predicted octanol–water partition coefficient (Wildman–Crippen LogP) is 4.73. The number of fused-ring (bicyclic) bond motifs is 1. The van der Waals surface area contributed by atoms with Crippen molar-refractivity contribution in [3.8, 4) is 0 Å². The molecule has 3 aromatic rings. The van der Waals surface area contributed by atoms with Crippen molar-refractivity contribution in [2.24, 2.45) is 0 Å². The number of piperazine rings is 1. The molecular formula is C22H22BrFN4OS. The fraction of sp³-hybridized carbons (Fsp3) is 0.318. The van der Waals surface area contributed by atoms with Gasteiger partial charge in [-0.05, 0) is 71.2 Å². The molecule has 2 heterocycles. The van der Waals surface area contributed by atoms with Crippen LogP contribution in [-0.4, -0.2) is 49.6 Å². The van der Waals surface area contributed by atoms with Crippen molar-refractivity contribution in [2.75, 3.05) is 13.1 Å². The van der Waals surface area contributed by atoms with E-state index in [0.29, 0.717) is 6.54 Å². The van der Waals surface area contributed by atoms with Gasteiger partial charge in [0.15, 0.2) is 0 Å². The lowest BCUT2D eigenvalue weighted by Crippen LogP contribution is -2.57. The summed E-state index contributed by atoms with van der Waals surface area (Å²) in [6.07, 6.45) is 3.46. The maximum absolute atomic E-state index is 13.1. The fourth-order valence-corrected chi connectivity index (χ4v) is 4.99. The first-order valence-electron chi connectivity index (χ1n) is 9.79. The molecule has 2 aromatic carbocycles. The van der Waals surface area contributed by atoms with Gasteiger partial charge in [0.2, 0.25) is 5.91 Å². The largest absolute Gasteiger partial charge is 0.334 e. The van der Waals surface area contributed by atoms with E-state index in [1.807, 2.05) is 35.2 Å². The molecule has 0 unspecified atom stereocenters. The molecule has 5 nitrogen and oxygen atoms in total. The van der Waals surface area contributed by atoms with Gasteiger partial charge in [-0.25, -0.2) is 4.39 Å². The van der Waals surface area contributed by atoms with Gasteiger partial charge in [-0.3, -0.25) is 9.69 Å². The van der Waals surface area contributed by atoms with Crippen LogP contribution in [0.3, 0.4) is 0 Å². The summed E-state index contributed by atoms with van der Waals surface area (Å²) in [7, 11) is 0. The topological polar surface area (TPSA) is 49.3 Å². The van der Waals surface area contributed by atoms with Gasteiger partial charge in [0.1, 0.15) is 16.9 Å². The average molecular weight is 489 g/mol. The summed E-state index contributed by atoms with van der Waals surface area (Å²) < 4.78 is 22.5. The smallest absolute Gasteiger partial charge is 0.246 e. The van der Waals surface area contributed by atoms with Gasteiger partial charge in [-0.15, -0.1) is 0 Å². The van der Waals surface area contributed by atoms with Gasteiger partial charge >= 0.3 is 0 Å². The first-order chi connectivity index (χ1) is 14.4. The zero-order chi connectivity index (χ0) is 21.3. The van der Waals surface area contributed by atoms with Crippen LogP contribution in [0.5, 0.6) is 0 Å². The SMILES string of the molecule is C[C@@H]1CN(Cc2ccc(F)cc2)[C@@H](C)CN1C(=O)C=Cc1cc(Br)c2nsnc2c1. The summed E-state index contributed by atoms with van der Waals surface area (Å²) in [6.45, 7) is 6.38. The normalized spacial score (nSPS) is 20.3. The van der Waals surface area contributed by atoms with Crippen LogP contribution in [0.1, 0.15) is 25.0 Å². The quantitative estimate of drug-likeness (QED) is 0.498. The summed E-state index contributed by atoms with van der Waals surface area (Å²) in [5.74, 6) is -0.219. The Kier molecular flexibility index (Phi) is 6.26. The highest BCUT2D eigenvalue weighted by atomic mass is 79.9. The Labute approximate surface area is 187 Å². The molecule has 1 aromatic heterocycles. The highest BCUT2D eigenvalue weighted by Gasteiger charge is 2.31. The maximum Gasteiger partial charge on any atom is 0.246 e. The number of rotatable bonds is 4. The summed E-state index contributed by atoms with van der Waals surface area (Å²) >= 11 is 4.69. The van der Waals surface area contributed by atoms with Crippen LogP contribution in [0.25, 0.3) is 17.1 Å². The minimum Gasteiger partial charge on any atom is -0.334 e. The summed E-state index contributed by atoms with van der Waals surface area (Å²) in [5, 5.41) is 0. The minimum atomic E-state index is -0.223. The first kappa shape index (κ1) is 21.1. The van der Waals surface area contributed by atoms with E-state index in [2.05, 4.69) is 43.4 Å². The van der Waals surface area contributed by atoms with Crippen LogP contribution in [0.4, 0.5) is 4.39 Å². The van der Waals surface area contributed by atoms with E-state index in [-0.39, 0.29) is 23.8 Å². The highest BCUT2D eigenvalue weighted by molar-refractivity contribution is 9.10. The van der Waals surface area contributed by atoms with E-state index >= 15 is 0 Å². The molecule has 0 spiro atoms. The van der Waals surface area contributed by atoms with Crippen LogP contribution in [0.2, 0.25) is 0 Å². The Bertz CT molecular complexity index is 1080. The van der Waals surface area contributed by atoms with Crippen LogP contribution in [-0.2, 0) is 11.3 Å². The number of hydrogen-bond donors (Lipinski definition) is 0.